The van der Waals surface area contributed by atoms with Crippen molar-refractivity contribution in [3.05, 3.63) is 24.3 Å². The van der Waals surface area contributed by atoms with Gasteiger partial charge in [-0.3, -0.25) is 0 Å². The molecule has 20 heavy (non-hydrogen) atoms. The standard InChI is InChI=1S/C14H22N2O3S/c1-14(2)9-11(14)10-16-20(17,18)13-5-3-12(4-6-13)19-8-7-15/h3-6,11,16H,7-10,15H2,1-2H3. The number of benzene rings is 1. The number of hydrogen-bond acceptors (Lipinski definition) is 4. The molecule has 0 radical (unpaired) electrons. The molecule has 1 saturated carbocycles. The fourth-order valence-electron chi connectivity index (χ4n) is 2.11. The van der Waals surface area contributed by atoms with E-state index in [1.54, 1.807) is 24.3 Å². The molecule has 0 aliphatic heterocycles. The second-order valence-electron chi connectivity index (χ2n) is 5.85. The summed E-state index contributed by atoms with van der Waals surface area (Å²) in [7, 11) is -3.43. The van der Waals surface area contributed by atoms with Gasteiger partial charge in [-0.25, -0.2) is 13.1 Å². The molecule has 2 rings (SSSR count). The van der Waals surface area contributed by atoms with E-state index in [1.165, 1.54) is 0 Å². The lowest BCUT2D eigenvalue weighted by molar-refractivity contribution is 0.328. The van der Waals surface area contributed by atoms with E-state index in [0.29, 0.717) is 31.4 Å². The normalized spacial score (nSPS) is 20.6. The Morgan fingerprint density at radius 3 is 2.45 bits per heavy atom. The van der Waals surface area contributed by atoms with E-state index in [1.807, 2.05) is 0 Å². The number of nitrogens with one attached hydrogen (secondary N) is 1. The predicted octanol–water partition coefficient (Wildman–Crippen LogP) is 1.35. The van der Waals surface area contributed by atoms with E-state index in [2.05, 4.69) is 18.6 Å². The van der Waals surface area contributed by atoms with Gasteiger partial charge in [-0.05, 0) is 42.0 Å². The van der Waals surface area contributed by atoms with E-state index in [4.69, 9.17) is 10.5 Å². The van der Waals surface area contributed by atoms with E-state index in [-0.39, 0.29) is 10.3 Å². The Kier molecular flexibility index (Phi) is 4.36. The van der Waals surface area contributed by atoms with Crippen molar-refractivity contribution in [1.82, 2.24) is 4.72 Å². The molecule has 1 aliphatic rings. The molecule has 112 valence electrons. The molecule has 1 aromatic rings. The second-order valence-corrected chi connectivity index (χ2v) is 7.62. The lowest BCUT2D eigenvalue weighted by Gasteiger charge is -2.09. The maximum Gasteiger partial charge on any atom is 0.240 e. The summed E-state index contributed by atoms with van der Waals surface area (Å²) in [5, 5.41) is 0. The molecule has 1 aliphatic carbocycles. The van der Waals surface area contributed by atoms with Crippen LogP contribution in [0.5, 0.6) is 5.75 Å². The molecule has 0 bridgehead atoms. The van der Waals surface area contributed by atoms with Crippen LogP contribution in [0.2, 0.25) is 0 Å². The Labute approximate surface area is 120 Å². The molecule has 6 heteroatoms. The van der Waals surface area contributed by atoms with Crippen LogP contribution < -0.4 is 15.2 Å². The van der Waals surface area contributed by atoms with Gasteiger partial charge < -0.3 is 10.5 Å². The quantitative estimate of drug-likeness (QED) is 0.796. The van der Waals surface area contributed by atoms with Crippen molar-refractivity contribution in [2.24, 2.45) is 17.1 Å². The molecule has 0 heterocycles. The number of ether oxygens (including phenoxy) is 1. The van der Waals surface area contributed by atoms with Gasteiger partial charge in [-0.15, -0.1) is 0 Å². The Morgan fingerprint density at radius 1 is 1.35 bits per heavy atom. The van der Waals surface area contributed by atoms with Gasteiger partial charge in [0, 0.05) is 13.1 Å². The fraction of sp³-hybridized carbons (Fsp3) is 0.571. The first kappa shape index (κ1) is 15.3. The zero-order valence-corrected chi connectivity index (χ0v) is 12.7. The zero-order valence-electron chi connectivity index (χ0n) is 11.9. The van der Waals surface area contributed by atoms with Gasteiger partial charge in [-0.2, -0.15) is 0 Å². The Morgan fingerprint density at radius 2 is 1.95 bits per heavy atom. The maximum atomic E-state index is 12.1. The first-order valence-electron chi connectivity index (χ1n) is 6.78. The Hall–Kier alpha value is -1.11. The first-order chi connectivity index (χ1) is 9.35. The van der Waals surface area contributed by atoms with Crippen molar-refractivity contribution >= 4 is 10.0 Å². The first-order valence-corrected chi connectivity index (χ1v) is 8.26. The summed E-state index contributed by atoms with van der Waals surface area (Å²) in [4.78, 5) is 0.260. The van der Waals surface area contributed by atoms with E-state index >= 15 is 0 Å². The van der Waals surface area contributed by atoms with Crippen LogP contribution in [-0.2, 0) is 10.0 Å². The van der Waals surface area contributed by atoms with Crippen molar-refractivity contribution in [1.29, 1.82) is 0 Å². The third kappa shape index (κ3) is 3.71. The summed E-state index contributed by atoms with van der Waals surface area (Å²) in [5.41, 5.74) is 5.61. The molecular weight excluding hydrogens is 276 g/mol. The topological polar surface area (TPSA) is 81.4 Å². The molecule has 1 fully saturated rings. The number of rotatable bonds is 7. The van der Waals surface area contributed by atoms with Gasteiger partial charge in [0.1, 0.15) is 12.4 Å². The van der Waals surface area contributed by atoms with Crippen LogP contribution >= 0.6 is 0 Å². The molecule has 0 aromatic heterocycles. The van der Waals surface area contributed by atoms with E-state index < -0.39 is 10.0 Å². The zero-order chi connectivity index (χ0) is 14.8. The predicted molar refractivity (Wildman–Crippen MR) is 78.1 cm³/mol. The summed E-state index contributed by atoms with van der Waals surface area (Å²) >= 11 is 0. The van der Waals surface area contributed by atoms with Crippen molar-refractivity contribution < 1.29 is 13.2 Å². The van der Waals surface area contributed by atoms with Crippen molar-refractivity contribution in [2.45, 2.75) is 25.2 Å². The highest BCUT2D eigenvalue weighted by Gasteiger charge is 2.45. The fourth-order valence-corrected chi connectivity index (χ4v) is 3.19. The van der Waals surface area contributed by atoms with Gasteiger partial charge >= 0.3 is 0 Å². The van der Waals surface area contributed by atoms with Crippen LogP contribution in [-0.4, -0.2) is 28.1 Å². The summed E-state index contributed by atoms with van der Waals surface area (Å²) in [5.74, 6) is 1.06. The number of nitrogens with two attached hydrogens (primary N) is 1. The summed E-state index contributed by atoms with van der Waals surface area (Å²) in [6, 6.07) is 6.38. The van der Waals surface area contributed by atoms with Crippen molar-refractivity contribution in [2.75, 3.05) is 19.7 Å². The number of sulfonamides is 1. The third-order valence-electron chi connectivity index (χ3n) is 3.76. The smallest absolute Gasteiger partial charge is 0.240 e. The molecular formula is C14H22N2O3S. The largest absolute Gasteiger partial charge is 0.492 e. The minimum absolute atomic E-state index is 0.260. The summed E-state index contributed by atoms with van der Waals surface area (Å²) < 4.78 is 32.2. The average molecular weight is 298 g/mol. The van der Waals surface area contributed by atoms with E-state index in [9.17, 15) is 8.42 Å². The number of hydrogen-bond donors (Lipinski definition) is 2. The van der Waals surface area contributed by atoms with Crippen LogP contribution in [0.15, 0.2) is 29.2 Å². The van der Waals surface area contributed by atoms with Gasteiger partial charge in [0.25, 0.3) is 0 Å². The van der Waals surface area contributed by atoms with Crippen LogP contribution in [0, 0.1) is 11.3 Å². The molecule has 0 saturated heterocycles. The average Bonchev–Trinajstić information content (AvgIpc) is 3.02. The monoisotopic (exact) mass is 298 g/mol. The molecule has 1 unspecified atom stereocenters. The lowest BCUT2D eigenvalue weighted by atomic mass is 10.1. The third-order valence-corrected chi connectivity index (χ3v) is 5.20. The van der Waals surface area contributed by atoms with Gasteiger partial charge in [-0.1, -0.05) is 13.8 Å². The van der Waals surface area contributed by atoms with Crippen molar-refractivity contribution in [3.8, 4) is 5.75 Å². The second kappa shape index (κ2) is 5.71. The molecule has 1 atom stereocenters. The minimum atomic E-state index is -3.43. The van der Waals surface area contributed by atoms with Crippen LogP contribution in [0.4, 0.5) is 0 Å². The van der Waals surface area contributed by atoms with Crippen LogP contribution in [0.25, 0.3) is 0 Å². The Bertz CT molecular complexity index is 552. The molecule has 3 N–H and O–H groups in total. The highest BCUT2D eigenvalue weighted by Crippen LogP contribution is 2.51. The molecule has 5 nitrogen and oxygen atoms in total. The SMILES string of the molecule is CC1(C)CC1CNS(=O)(=O)c1ccc(OCCN)cc1. The van der Waals surface area contributed by atoms with Crippen LogP contribution in [0.3, 0.4) is 0 Å². The van der Waals surface area contributed by atoms with Gasteiger partial charge in [0.05, 0.1) is 4.90 Å². The Balaban J connectivity index is 1.95. The van der Waals surface area contributed by atoms with Crippen molar-refractivity contribution in [3.63, 3.8) is 0 Å². The van der Waals surface area contributed by atoms with Gasteiger partial charge in [0.2, 0.25) is 10.0 Å². The minimum Gasteiger partial charge on any atom is -0.492 e. The van der Waals surface area contributed by atoms with Gasteiger partial charge in [0.15, 0.2) is 0 Å². The van der Waals surface area contributed by atoms with E-state index in [0.717, 1.165) is 6.42 Å². The van der Waals surface area contributed by atoms with Crippen LogP contribution in [0.1, 0.15) is 20.3 Å². The summed E-state index contributed by atoms with van der Waals surface area (Å²) in [6.07, 6.45) is 1.07. The highest BCUT2D eigenvalue weighted by atomic mass is 32.2. The molecule has 1 aromatic carbocycles. The highest BCUT2D eigenvalue weighted by molar-refractivity contribution is 7.89. The molecule has 0 spiro atoms. The summed E-state index contributed by atoms with van der Waals surface area (Å²) in [6.45, 7) is 5.64. The maximum absolute atomic E-state index is 12.1. The lowest BCUT2D eigenvalue weighted by Crippen LogP contribution is -2.26. The molecule has 0 amide bonds.